The Bertz CT molecular complexity index is 210. The maximum absolute atomic E-state index is 5.66. The molecule has 56 valence electrons. The van der Waals surface area contributed by atoms with Crippen molar-refractivity contribution >= 4 is 23.2 Å². The highest BCUT2D eigenvalue weighted by molar-refractivity contribution is 6.43. The molecule has 0 bridgehead atoms. The van der Waals surface area contributed by atoms with E-state index in [1.165, 1.54) is 0 Å². The van der Waals surface area contributed by atoms with Crippen molar-refractivity contribution in [2.75, 3.05) is 0 Å². The van der Waals surface area contributed by atoms with Gasteiger partial charge in [-0.25, -0.2) is 0 Å². The van der Waals surface area contributed by atoms with Crippen molar-refractivity contribution in [2.45, 2.75) is 11.8 Å². The molecule has 1 aromatic rings. The van der Waals surface area contributed by atoms with Crippen LogP contribution in [0.2, 0.25) is 0 Å². The number of aryl methyl sites for hydroxylation is 2. The van der Waals surface area contributed by atoms with E-state index in [0.717, 1.165) is 11.3 Å². The Morgan fingerprint density at radius 2 is 2.20 bits per heavy atom. The van der Waals surface area contributed by atoms with Gasteiger partial charge in [0.1, 0.15) is 4.84 Å². The van der Waals surface area contributed by atoms with Crippen molar-refractivity contribution in [3.05, 3.63) is 17.5 Å². The van der Waals surface area contributed by atoms with Gasteiger partial charge < -0.3 is 0 Å². The van der Waals surface area contributed by atoms with Crippen LogP contribution in [0.4, 0.5) is 0 Å². The Balaban J connectivity index is 3.10. The van der Waals surface area contributed by atoms with Gasteiger partial charge in [0.25, 0.3) is 0 Å². The number of aromatic nitrogens is 2. The van der Waals surface area contributed by atoms with Crippen molar-refractivity contribution in [3.63, 3.8) is 0 Å². The fourth-order valence-electron chi connectivity index (χ4n) is 0.870. The molecular formula is C6H8Cl2N2. The lowest BCUT2D eigenvalue weighted by molar-refractivity contribution is 0.730. The van der Waals surface area contributed by atoms with Crippen LogP contribution >= 0.6 is 23.2 Å². The Hall–Kier alpha value is -0.210. The van der Waals surface area contributed by atoms with E-state index < -0.39 is 4.84 Å². The van der Waals surface area contributed by atoms with Gasteiger partial charge in [0.05, 0.1) is 11.9 Å². The number of nitrogens with zero attached hydrogens (tertiary/aromatic N) is 2. The molecule has 0 aromatic carbocycles. The predicted molar refractivity (Wildman–Crippen MR) is 42.4 cm³/mol. The van der Waals surface area contributed by atoms with E-state index in [0.29, 0.717) is 0 Å². The minimum Gasteiger partial charge on any atom is -0.270 e. The van der Waals surface area contributed by atoms with E-state index in [-0.39, 0.29) is 0 Å². The monoisotopic (exact) mass is 178 g/mol. The van der Waals surface area contributed by atoms with E-state index in [4.69, 9.17) is 23.2 Å². The van der Waals surface area contributed by atoms with Crippen molar-refractivity contribution < 1.29 is 0 Å². The van der Waals surface area contributed by atoms with Crippen LogP contribution in [0.3, 0.4) is 0 Å². The molecule has 0 saturated heterocycles. The third kappa shape index (κ3) is 1.27. The fourth-order valence-corrected chi connectivity index (χ4v) is 1.50. The lowest BCUT2D eigenvalue weighted by atomic mass is 10.3. The average Bonchev–Trinajstić information content (AvgIpc) is 2.11. The Morgan fingerprint density at radius 3 is 2.40 bits per heavy atom. The molecule has 0 N–H and O–H groups in total. The van der Waals surface area contributed by atoms with Crippen LogP contribution in [0.1, 0.15) is 16.1 Å². The van der Waals surface area contributed by atoms with Crippen molar-refractivity contribution in [2.24, 2.45) is 7.05 Å². The van der Waals surface area contributed by atoms with E-state index in [2.05, 4.69) is 5.10 Å². The molecule has 0 unspecified atom stereocenters. The molecule has 0 spiro atoms. The molecule has 2 nitrogen and oxygen atoms in total. The zero-order chi connectivity index (χ0) is 7.72. The molecule has 4 heteroatoms. The summed E-state index contributed by atoms with van der Waals surface area (Å²) in [5.41, 5.74) is 1.89. The molecule has 1 aromatic heterocycles. The van der Waals surface area contributed by atoms with Crippen LogP contribution in [0, 0.1) is 6.92 Å². The summed E-state index contributed by atoms with van der Waals surface area (Å²) in [5, 5.41) is 3.99. The van der Waals surface area contributed by atoms with Crippen LogP contribution in [0.25, 0.3) is 0 Å². The summed E-state index contributed by atoms with van der Waals surface area (Å²) < 4.78 is 1.68. The fraction of sp³-hybridized carbons (Fsp3) is 0.500. The largest absolute Gasteiger partial charge is 0.270 e. The number of rotatable bonds is 1. The van der Waals surface area contributed by atoms with Crippen LogP contribution in [-0.4, -0.2) is 9.78 Å². The number of halogens is 2. The van der Waals surface area contributed by atoms with Crippen LogP contribution < -0.4 is 0 Å². The predicted octanol–water partition coefficient (Wildman–Crippen LogP) is 2.20. The summed E-state index contributed by atoms with van der Waals surface area (Å²) in [6.45, 7) is 1.93. The average molecular weight is 179 g/mol. The van der Waals surface area contributed by atoms with Gasteiger partial charge in [-0.2, -0.15) is 5.10 Å². The van der Waals surface area contributed by atoms with E-state index in [1.54, 1.807) is 10.9 Å². The minimum absolute atomic E-state index is 0.479. The molecule has 0 atom stereocenters. The second-order valence-electron chi connectivity index (χ2n) is 2.14. The maximum atomic E-state index is 5.66. The first-order valence-electron chi connectivity index (χ1n) is 2.89. The van der Waals surface area contributed by atoms with Crippen LogP contribution in [-0.2, 0) is 7.05 Å². The highest BCUT2D eigenvalue weighted by Gasteiger charge is 2.10. The first-order valence-corrected chi connectivity index (χ1v) is 3.77. The lowest BCUT2D eigenvalue weighted by Crippen LogP contribution is -1.97. The number of hydrogen-bond donors (Lipinski definition) is 0. The van der Waals surface area contributed by atoms with Crippen molar-refractivity contribution in [1.29, 1.82) is 0 Å². The molecule has 10 heavy (non-hydrogen) atoms. The van der Waals surface area contributed by atoms with Gasteiger partial charge in [-0.3, -0.25) is 4.68 Å². The Kier molecular flexibility index (Phi) is 2.21. The van der Waals surface area contributed by atoms with Gasteiger partial charge in [0, 0.05) is 7.05 Å². The standard InChI is InChI=1S/C6H8Cl2N2/c1-4-3-9-10(2)5(4)6(7)8/h3,6H,1-2H3. The zero-order valence-corrected chi connectivity index (χ0v) is 7.32. The number of hydrogen-bond acceptors (Lipinski definition) is 1. The molecule has 1 heterocycles. The summed E-state index contributed by atoms with van der Waals surface area (Å²) >= 11 is 11.3. The van der Waals surface area contributed by atoms with Gasteiger partial charge >= 0.3 is 0 Å². The highest BCUT2D eigenvalue weighted by Crippen LogP contribution is 2.26. The third-order valence-electron chi connectivity index (χ3n) is 1.38. The Labute approximate surface area is 69.7 Å². The van der Waals surface area contributed by atoms with Gasteiger partial charge in [-0.15, -0.1) is 0 Å². The van der Waals surface area contributed by atoms with E-state index >= 15 is 0 Å². The topological polar surface area (TPSA) is 17.8 Å². The lowest BCUT2D eigenvalue weighted by Gasteiger charge is -2.02. The van der Waals surface area contributed by atoms with Crippen molar-refractivity contribution in [1.82, 2.24) is 9.78 Å². The molecule has 0 aliphatic heterocycles. The maximum Gasteiger partial charge on any atom is 0.149 e. The van der Waals surface area contributed by atoms with Crippen LogP contribution in [0.5, 0.6) is 0 Å². The summed E-state index contributed by atoms with van der Waals surface area (Å²) in [6.07, 6.45) is 1.74. The quantitative estimate of drug-likeness (QED) is 0.604. The third-order valence-corrected chi connectivity index (χ3v) is 1.80. The summed E-state index contributed by atoms with van der Waals surface area (Å²) in [6, 6.07) is 0. The summed E-state index contributed by atoms with van der Waals surface area (Å²) in [4.78, 5) is -0.479. The second kappa shape index (κ2) is 2.81. The molecule has 1 rings (SSSR count). The first kappa shape index (κ1) is 7.89. The SMILES string of the molecule is Cc1cnn(C)c1C(Cl)Cl. The smallest absolute Gasteiger partial charge is 0.149 e. The van der Waals surface area contributed by atoms with Gasteiger partial charge in [-0.1, -0.05) is 23.2 Å². The summed E-state index contributed by atoms with van der Waals surface area (Å²) in [5.74, 6) is 0. The molecule has 0 aliphatic carbocycles. The second-order valence-corrected chi connectivity index (χ2v) is 3.23. The molecule has 0 fully saturated rings. The first-order chi connectivity index (χ1) is 4.63. The molecule has 0 saturated carbocycles. The van der Waals surface area contributed by atoms with Gasteiger partial charge in [0.15, 0.2) is 0 Å². The molecule has 0 amide bonds. The van der Waals surface area contributed by atoms with Gasteiger partial charge in [0.2, 0.25) is 0 Å². The molecule has 0 radical (unpaired) electrons. The van der Waals surface area contributed by atoms with E-state index in [9.17, 15) is 0 Å². The normalized spacial score (nSPS) is 10.9. The van der Waals surface area contributed by atoms with Gasteiger partial charge in [-0.05, 0) is 12.5 Å². The minimum atomic E-state index is -0.479. The Morgan fingerprint density at radius 1 is 1.60 bits per heavy atom. The highest BCUT2D eigenvalue weighted by atomic mass is 35.5. The molecule has 0 aliphatic rings. The van der Waals surface area contributed by atoms with E-state index in [1.807, 2.05) is 14.0 Å². The van der Waals surface area contributed by atoms with Crippen molar-refractivity contribution in [3.8, 4) is 0 Å². The zero-order valence-electron chi connectivity index (χ0n) is 5.81. The molecular weight excluding hydrogens is 171 g/mol. The summed E-state index contributed by atoms with van der Waals surface area (Å²) in [7, 11) is 1.82. The number of alkyl halides is 2. The van der Waals surface area contributed by atoms with Crippen LogP contribution in [0.15, 0.2) is 6.20 Å².